The summed E-state index contributed by atoms with van der Waals surface area (Å²) in [5, 5.41) is 0. The van der Waals surface area contributed by atoms with E-state index in [4.69, 9.17) is 10.5 Å². The van der Waals surface area contributed by atoms with Crippen LogP contribution in [0.5, 0.6) is 0 Å². The van der Waals surface area contributed by atoms with E-state index >= 15 is 0 Å². The van der Waals surface area contributed by atoms with E-state index in [0.717, 1.165) is 5.56 Å². The van der Waals surface area contributed by atoms with Crippen molar-refractivity contribution in [2.75, 3.05) is 18.9 Å². The molecule has 6 heteroatoms. The highest BCUT2D eigenvalue weighted by Gasteiger charge is 2.24. The highest BCUT2D eigenvalue weighted by atomic mass is 32.2. The Balaban J connectivity index is 3.07. The zero-order chi connectivity index (χ0) is 16.0. The molecule has 1 unspecified atom stereocenters. The van der Waals surface area contributed by atoms with Crippen molar-refractivity contribution in [1.29, 1.82) is 0 Å². The predicted octanol–water partition coefficient (Wildman–Crippen LogP) is 2.17. The van der Waals surface area contributed by atoms with Gasteiger partial charge in [0.15, 0.2) is 0 Å². The molecular weight excluding hydrogens is 288 g/mol. The first kappa shape index (κ1) is 17.9. The summed E-state index contributed by atoms with van der Waals surface area (Å²) in [6.45, 7) is 8.66. The van der Waals surface area contributed by atoms with E-state index in [1.54, 1.807) is 12.1 Å². The molecule has 0 spiro atoms. The summed E-state index contributed by atoms with van der Waals surface area (Å²) in [5.41, 5.74) is 6.94. The smallest absolute Gasteiger partial charge is 0.241 e. The molecule has 0 saturated heterocycles. The molecule has 0 heterocycles. The summed E-state index contributed by atoms with van der Waals surface area (Å²) in [7, 11) is -3.61. The van der Waals surface area contributed by atoms with Crippen molar-refractivity contribution in [2.45, 2.75) is 45.1 Å². The monoisotopic (exact) mass is 314 g/mol. The molecular formula is C15H26N2O3S. The Bertz CT molecular complexity index is 556. The molecule has 1 aromatic carbocycles. The molecule has 0 aliphatic carbocycles. The van der Waals surface area contributed by atoms with Gasteiger partial charge in [-0.1, -0.05) is 26.8 Å². The van der Waals surface area contributed by atoms with Gasteiger partial charge >= 0.3 is 0 Å². The van der Waals surface area contributed by atoms with E-state index in [1.165, 1.54) is 6.07 Å². The standard InChI is InChI=1S/C15H26N2O3S/c1-5-12-7-8-13(16)9-15(12)21(18,19)17-14(11(3)4)10-20-6-2/h7-9,11,14,17H,5-6,10,16H2,1-4H3. The molecule has 0 aromatic heterocycles. The van der Waals surface area contributed by atoms with Gasteiger partial charge in [-0.25, -0.2) is 13.1 Å². The van der Waals surface area contributed by atoms with Gasteiger partial charge in [0.2, 0.25) is 10.0 Å². The Morgan fingerprint density at radius 3 is 2.48 bits per heavy atom. The van der Waals surface area contributed by atoms with Crippen molar-refractivity contribution in [2.24, 2.45) is 5.92 Å². The third-order valence-electron chi connectivity index (χ3n) is 3.37. The molecule has 5 nitrogen and oxygen atoms in total. The van der Waals surface area contributed by atoms with E-state index in [9.17, 15) is 8.42 Å². The first-order valence-electron chi connectivity index (χ1n) is 7.30. The summed E-state index contributed by atoms with van der Waals surface area (Å²) < 4.78 is 33.3. The van der Waals surface area contributed by atoms with Crippen LogP contribution < -0.4 is 10.5 Å². The number of sulfonamides is 1. The van der Waals surface area contributed by atoms with E-state index in [1.807, 2.05) is 27.7 Å². The third-order valence-corrected chi connectivity index (χ3v) is 4.95. The second-order valence-electron chi connectivity index (χ2n) is 5.35. The van der Waals surface area contributed by atoms with Crippen LogP contribution in [-0.2, 0) is 21.2 Å². The number of nitrogens with one attached hydrogen (secondary N) is 1. The summed E-state index contributed by atoms with van der Waals surface area (Å²) in [5.74, 6) is 0.137. The van der Waals surface area contributed by atoms with Gasteiger partial charge in [-0.2, -0.15) is 0 Å². The number of rotatable bonds is 8. The lowest BCUT2D eigenvalue weighted by atomic mass is 10.1. The Labute approximate surface area is 127 Å². The van der Waals surface area contributed by atoms with Crippen LogP contribution in [0, 0.1) is 5.92 Å². The predicted molar refractivity (Wildman–Crippen MR) is 85.7 cm³/mol. The van der Waals surface area contributed by atoms with Crippen molar-refractivity contribution in [3.8, 4) is 0 Å². The third kappa shape index (κ3) is 4.98. The quantitative estimate of drug-likeness (QED) is 0.721. The van der Waals surface area contributed by atoms with Gasteiger partial charge in [0.25, 0.3) is 0 Å². The van der Waals surface area contributed by atoms with Crippen LogP contribution in [0.3, 0.4) is 0 Å². The summed E-state index contributed by atoms with van der Waals surface area (Å²) in [6, 6.07) is 4.73. The Kier molecular flexibility index (Phi) is 6.64. The minimum Gasteiger partial charge on any atom is -0.399 e. The summed E-state index contributed by atoms with van der Waals surface area (Å²) >= 11 is 0. The zero-order valence-corrected chi connectivity index (χ0v) is 14.0. The minimum atomic E-state index is -3.61. The van der Waals surface area contributed by atoms with E-state index in [2.05, 4.69) is 4.72 Å². The maximum Gasteiger partial charge on any atom is 0.241 e. The maximum absolute atomic E-state index is 12.6. The lowest BCUT2D eigenvalue weighted by Gasteiger charge is -2.23. The van der Waals surface area contributed by atoms with Crippen LogP contribution in [0.25, 0.3) is 0 Å². The molecule has 0 saturated carbocycles. The van der Waals surface area contributed by atoms with Crippen LogP contribution in [0.4, 0.5) is 5.69 Å². The highest BCUT2D eigenvalue weighted by molar-refractivity contribution is 7.89. The number of nitrogen functional groups attached to an aromatic ring is 1. The van der Waals surface area contributed by atoms with Gasteiger partial charge in [-0.3, -0.25) is 0 Å². The number of hydrogen-bond donors (Lipinski definition) is 2. The first-order chi connectivity index (χ1) is 9.81. The molecule has 0 bridgehead atoms. The van der Waals surface area contributed by atoms with Crippen molar-refractivity contribution in [3.63, 3.8) is 0 Å². The average molecular weight is 314 g/mol. The fourth-order valence-corrected chi connectivity index (χ4v) is 3.70. The van der Waals surface area contributed by atoms with Crippen LogP contribution >= 0.6 is 0 Å². The second kappa shape index (κ2) is 7.77. The van der Waals surface area contributed by atoms with Gasteiger partial charge in [0.05, 0.1) is 11.5 Å². The molecule has 1 atom stereocenters. The Morgan fingerprint density at radius 2 is 1.95 bits per heavy atom. The first-order valence-corrected chi connectivity index (χ1v) is 8.78. The van der Waals surface area contributed by atoms with Gasteiger partial charge < -0.3 is 10.5 Å². The van der Waals surface area contributed by atoms with Crippen LogP contribution in [0.2, 0.25) is 0 Å². The average Bonchev–Trinajstić information content (AvgIpc) is 2.43. The molecule has 1 aromatic rings. The molecule has 0 aliphatic heterocycles. The van der Waals surface area contributed by atoms with Crippen molar-refractivity contribution in [1.82, 2.24) is 4.72 Å². The molecule has 3 N–H and O–H groups in total. The van der Waals surface area contributed by atoms with Crippen molar-refractivity contribution >= 4 is 15.7 Å². The second-order valence-corrected chi connectivity index (χ2v) is 7.03. The Hall–Kier alpha value is -1.11. The van der Waals surface area contributed by atoms with Gasteiger partial charge in [-0.05, 0) is 37.0 Å². The number of aryl methyl sites for hydroxylation is 1. The number of nitrogens with two attached hydrogens (primary N) is 1. The molecule has 0 amide bonds. The lowest BCUT2D eigenvalue weighted by molar-refractivity contribution is 0.116. The number of anilines is 1. The fourth-order valence-electron chi connectivity index (χ4n) is 1.98. The molecule has 21 heavy (non-hydrogen) atoms. The largest absolute Gasteiger partial charge is 0.399 e. The zero-order valence-electron chi connectivity index (χ0n) is 13.2. The topological polar surface area (TPSA) is 81.4 Å². The van der Waals surface area contributed by atoms with Gasteiger partial charge in [-0.15, -0.1) is 0 Å². The van der Waals surface area contributed by atoms with E-state index < -0.39 is 10.0 Å². The summed E-state index contributed by atoms with van der Waals surface area (Å²) in [6.07, 6.45) is 0.633. The summed E-state index contributed by atoms with van der Waals surface area (Å²) in [4.78, 5) is 0.257. The van der Waals surface area contributed by atoms with E-state index in [-0.39, 0.29) is 16.9 Å². The maximum atomic E-state index is 12.6. The highest BCUT2D eigenvalue weighted by Crippen LogP contribution is 2.20. The Morgan fingerprint density at radius 1 is 1.29 bits per heavy atom. The van der Waals surface area contributed by atoms with Crippen molar-refractivity contribution < 1.29 is 13.2 Å². The molecule has 0 radical (unpaired) electrons. The number of benzene rings is 1. The van der Waals surface area contributed by atoms with E-state index in [0.29, 0.717) is 25.3 Å². The molecule has 0 aliphatic rings. The minimum absolute atomic E-state index is 0.137. The van der Waals surface area contributed by atoms with Crippen LogP contribution in [-0.4, -0.2) is 27.7 Å². The van der Waals surface area contributed by atoms with Crippen molar-refractivity contribution in [3.05, 3.63) is 23.8 Å². The molecule has 0 fully saturated rings. The fraction of sp³-hybridized carbons (Fsp3) is 0.600. The van der Waals surface area contributed by atoms with Gasteiger partial charge in [0, 0.05) is 18.3 Å². The number of hydrogen-bond acceptors (Lipinski definition) is 4. The SMILES string of the molecule is CCOCC(NS(=O)(=O)c1cc(N)ccc1CC)C(C)C. The molecule has 1 rings (SSSR count). The molecule has 120 valence electrons. The van der Waals surface area contributed by atoms with Crippen LogP contribution in [0.1, 0.15) is 33.3 Å². The van der Waals surface area contributed by atoms with Gasteiger partial charge in [0.1, 0.15) is 0 Å². The normalized spacial score (nSPS) is 13.6. The number of ether oxygens (including phenoxy) is 1. The lowest BCUT2D eigenvalue weighted by Crippen LogP contribution is -2.42. The van der Waals surface area contributed by atoms with Crippen LogP contribution in [0.15, 0.2) is 23.1 Å².